The zero-order valence-electron chi connectivity index (χ0n) is 6.00. The van der Waals surface area contributed by atoms with Gasteiger partial charge in [-0.25, -0.2) is 0 Å². The van der Waals surface area contributed by atoms with Crippen LogP contribution in [0.25, 0.3) is 10.9 Å². The largest absolute Gasteiger partial charge is 0.278 e. The third-order valence-electron chi connectivity index (χ3n) is 1.64. The molecule has 0 saturated carbocycles. The maximum atomic E-state index is 8.67. The van der Waals surface area contributed by atoms with E-state index in [9.17, 15) is 0 Å². The third kappa shape index (κ3) is 1.06. The third-order valence-corrected chi connectivity index (χ3v) is 2.53. The number of hydrogen-bond donors (Lipinski definition) is 1. The van der Waals surface area contributed by atoms with Gasteiger partial charge in [0.25, 0.3) is 0 Å². The lowest BCUT2D eigenvalue weighted by Crippen LogP contribution is -1.78. The van der Waals surface area contributed by atoms with E-state index in [1.165, 1.54) is 0 Å². The molecule has 1 aromatic carbocycles. The smallest absolute Gasteiger partial charge is 0.0992 e. The highest BCUT2D eigenvalue weighted by molar-refractivity contribution is 14.1. The Morgan fingerprint density at radius 2 is 2.33 bits per heavy atom. The Morgan fingerprint density at radius 3 is 3.08 bits per heavy atom. The Kier molecular flexibility index (Phi) is 1.73. The average Bonchev–Trinajstić information content (AvgIpc) is 2.52. The lowest BCUT2D eigenvalue weighted by atomic mass is 10.2. The molecule has 2 aromatic rings. The van der Waals surface area contributed by atoms with Gasteiger partial charge in [-0.15, -0.1) is 0 Å². The lowest BCUT2D eigenvalue weighted by molar-refractivity contribution is 1.12. The van der Waals surface area contributed by atoms with Crippen molar-refractivity contribution in [3.05, 3.63) is 27.5 Å². The van der Waals surface area contributed by atoms with Crippen molar-refractivity contribution in [1.82, 2.24) is 10.2 Å². The lowest BCUT2D eigenvalue weighted by Gasteiger charge is -1.93. The first-order chi connectivity index (χ1) is 5.81. The van der Waals surface area contributed by atoms with Crippen molar-refractivity contribution in [3.8, 4) is 6.07 Å². The normalized spacial score (nSPS) is 10.0. The summed E-state index contributed by atoms with van der Waals surface area (Å²) in [6.45, 7) is 0. The summed E-state index contributed by atoms with van der Waals surface area (Å²) in [4.78, 5) is 0. The average molecular weight is 269 g/mol. The summed E-state index contributed by atoms with van der Waals surface area (Å²) < 4.78 is 1.05. The van der Waals surface area contributed by atoms with Crippen LogP contribution < -0.4 is 0 Å². The second-order valence-corrected chi connectivity index (χ2v) is 3.56. The number of benzene rings is 1. The van der Waals surface area contributed by atoms with Gasteiger partial charge in [0.1, 0.15) is 0 Å². The van der Waals surface area contributed by atoms with Crippen molar-refractivity contribution in [2.75, 3.05) is 0 Å². The van der Waals surface area contributed by atoms with Crippen LogP contribution in [0.1, 0.15) is 5.56 Å². The summed E-state index contributed by atoms with van der Waals surface area (Å²) >= 11 is 2.19. The van der Waals surface area contributed by atoms with Crippen LogP contribution in [0.4, 0.5) is 0 Å². The van der Waals surface area contributed by atoms with Crippen LogP contribution in [0.2, 0.25) is 0 Å². The standard InChI is InChI=1S/C8H4IN3/c9-7-1-5(3-10)2-8-6(7)4-11-12-8/h1-2,4H,(H,11,12). The van der Waals surface area contributed by atoms with E-state index in [0.29, 0.717) is 5.56 Å². The molecule has 0 atom stereocenters. The minimum atomic E-state index is 0.663. The Hall–Kier alpha value is -1.09. The molecule has 1 N–H and O–H groups in total. The Bertz CT molecular complexity index is 467. The molecule has 1 aromatic heterocycles. The predicted octanol–water partition coefficient (Wildman–Crippen LogP) is 2.04. The summed E-state index contributed by atoms with van der Waals surface area (Å²) in [6, 6.07) is 5.74. The summed E-state index contributed by atoms with van der Waals surface area (Å²) in [5, 5.41) is 16.5. The van der Waals surface area contributed by atoms with Crippen molar-refractivity contribution in [3.63, 3.8) is 0 Å². The number of aromatic amines is 1. The second-order valence-electron chi connectivity index (χ2n) is 2.40. The molecule has 0 aliphatic carbocycles. The van der Waals surface area contributed by atoms with E-state index in [0.717, 1.165) is 14.5 Å². The predicted molar refractivity (Wildman–Crippen MR) is 53.5 cm³/mol. The highest BCUT2D eigenvalue weighted by Gasteiger charge is 2.02. The van der Waals surface area contributed by atoms with Crippen LogP contribution in [0.5, 0.6) is 0 Å². The van der Waals surface area contributed by atoms with Crippen molar-refractivity contribution >= 4 is 33.5 Å². The van der Waals surface area contributed by atoms with Gasteiger partial charge in [0.2, 0.25) is 0 Å². The Labute approximate surface area is 82.5 Å². The zero-order chi connectivity index (χ0) is 8.55. The van der Waals surface area contributed by atoms with Crippen LogP contribution in [0.15, 0.2) is 18.3 Å². The van der Waals surface area contributed by atoms with Crippen molar-refractivity contribution < 1.29 is 0 Å². The number of nitrogens with one attached hydrogen (secondary N) is 1. The summed E-state index contributed by atoms with van der Waals surface area (Å²) in [5.41, 5.74) is 1.58. The monoisotopic (exact) mass is 269 g/mol. The Balaban J connectivity index is 2.86. The molecule has 0 amide bonds. The van der Waals surface area contributed by atoms with Crippen LogP contribution in [-0.2, 0) is 0 Å². The minimum Gasteiger partial charge on any atom is -0.278 e. The molecule has 1 heterocycles. The molecule has 0 bridgehead atoms. The summed E-state index contributed by atoms with van der Waals surface area (Å²) in [6.07, 6.45) is 1.76. The quantitative estimate of drug-likeness (QED) is 0.744. The van der Waals surface area contributed by atoms with Crippen molar-refractivity contribution in [2.24, 2.45) is 0 Å². The van der Waals surface area contributed by atoms with Gasteiger partial charge < -0.3 is 0 Å². The zero-order valence-corrected chi connectivity index (χ0v) is 8.16. The number of hydrogen-bond acceptors (Lipinski definition) is 2. The van der Waals surface area contributed by atoms with Gasteiger partial charge in [-0.05, 0) is 34.7 Å². The molecule has 4 heteroatoms. The molecule has 3 nitrogen and oxygen atoms in total. The first-order valence-electron chi connectivity index (χ1n) is 3.34. The fourth-order valence-electron chi connectivity index (χ4n) is 1.07. The topological polar surface area (TPSA) is 52.5 Å². The van der Waals surface area contributed by atoms with Gasteiger partial charge in [0.05, 0.1) is 23.3 Å². The van der Waals surface area contributed by atoms with Crippen LogP contribution in [0, 0.1) is 14.9 Å². The van der Waals surface area contributed by atoms with E-state index in [1.807, 2.05) is 6.07 Å². The van der Waals surface area contributed by atoms with Gasteiger partial charge in [-0.2, -0.15) is 10.4 Å². The number of nitrogens with zero attached hydrogens (tertiary/aromatic N) is 2. The highest BCUT2D eigenvalue weighted by Crippen LogP contribution is 2.19. The number of H-pyrrole nitrogens is 1. The molecule has 0 fully saturated rings. The van der Waals surface area contributed by atoms with Gasteiger partial charge in [-0.1, -0.05) is 0 Å². The van der Waals surface area contributed by atoms with E-state index in [1.54, 1.807) is 12.3 Å². The number of fused-ring (bicyclic) bond motifs is 1. The molecule has 58 valence electrons. The minimum absolute atomic E-state index is 0.663. The van der Waals surface area contributed by atoms with Gasteiger partial charge in [-0.3, -0.25) is 5.10 Å². The first kappa shape index (κ1) is 7.55. The van der Waals surface area contributed by atoms with Gasteiger partial charge in [0, 0.05) is 8.96 Å². The van der Waals surface area contributed by atoms with Gasteiger partial charge >= 0.3 is 0 Å². The maximum absolute atomic E-state index is 8.67. The molecule has 0 aliphatic heterocycles. The molecule has 0 saturated heterocycles. The molecule has 0 radical (unpaired) electrons. The fourth-order valence-corrected chi connectivity index (χ4v) is 1.84. The van der Waals surface area contributed by atoms with E-state index in [2.05, 4.69) is 38.9 Å². The molecule has 0 unspecified atom stereocenters. The number of nitriles is 1. The van der Waals surface area contributed by atoms with E-state index < -0.39 is 0 Å². The van der Waals surface area contributed by atoms with Crippen LogP contribution in [-0.4, -0.2) is 10.2 Å². The molecule has 2 rings (SSSR count). The summed E-state index contributed by atoms with van der Waals surface area (Å²) in [7, 11) is 0. The molecular formula is C8H4IN3. The van der Waals surface area contributed by atoms with Crippen LogP contribution >= 0.6 is 22.6 Å². The van der Waals surface area contributed by atoms with Crippen LogP contribution in [0.3, 0.4) is 0 Å². The molecule has 0 spiro atoms. The number of aromatic nitrogens is 2. The highest BCUT2D eigenvalue weighted by atomic mass is 127. The molecule has 12 heavy (non-hydrogen) atoms. The van der Waals surface area contributed by atoms with Crippen molar-refractivity contribution in [2.45, 2.75) is 0 Å². The van der Waals surface area contributed by atoms with E-state index in [4.69, 9.17) is 5.26 Å². The van der Waals surface area contributed by atoms with E-state index in [-0.39, 0.29) is 0 Å². The molecular weight excluding hydrogens is 265 g/mol. The number of halogens is 1. The Morgan fingerprint density at radius 1 is 1.50 bits per heavy atom. The first-order valence-corrected chi connectivity index (χ1v) is 4.42. The van der Waals surface area contributed by atoms with Gasteiger partial charge in [0.15, 0.2) is 0 Å². The second kappa shape index (κ2) is 2.75. The van der Waals surface area contributed by atoms with E-state index >= 15 is 0 Å². The number of rotatable bonds is 0. The maximum Gasteiger partial charge on any atom is 0.0992 e. The van der Waals surface area contributed by atoms with Crippen molar-refractivity contribution in [1.29, 1.82) is 5.26 Å². The SMILES string of the molecule is N#Cc1cc(I)c2cn[nH]c2c1. The molecule has 0 aliphatic rings. The summed E-state index contributed by atoms with van der Waals surface area (Å²) in [5.74, 6) is 0. The fraction of sp³-hybridized carbons (Fsp3) is 0.